The van der Waals surface area contributed by atoms with E-state index in [0.29, 0.717) is 6.42 Å². The van der Waals surface area contributed by atoms with Crippen molar-refractivity contribution in [2.45, 2.75) is 37.5 Å². The normalized spacial score (nSPS) is 18.6. The fourth-order valence-electron chi connectivity index (χ4n) is 4.68. The molecule has 2 atom stereocenters. The Bertz CT molecular complexity index is 1380. The summed E-state index contributed by atoms with van der Waals surface area (Å²) in [6.45, 7) is -1.52. The maximum absolute atomic E-state index is 14.9. The molecule has 0 aliphatic carbocycles. The van der Waals surface area contributed by atoms with Crippen LogP contribution in [0.2, 0.25) is 5.02 Å². The number of nitrogens with one attached hydrogen (secondary N) is 2. The quantitative estimate of drug-likeness (QED) is 0.476. The lowest BCUT2D eigenvalue weighted by Gasteiger charge is -2.36. The van der Waals surface area contributed by atoms with E-state index in [1.165, 1.54) is 12.1 Å². The molecule has 0 saturated carbocycles. The van der Waals surface area contributed by atoms with Gasteiger partial charge in [0.15, 0.2) is 6.61 Å². The van der Waals surface area contributed by atoms with E-state index in [1.807, 2.05) is 0 Å². The van der Waals surface area contributed by atoms with Crippen LogP contribution in [0.25, 0.3) is 11.3 Å². The Labute approximate surface area is 206 Å². The third kappa shape index (κ3) is 4.72. The van der Waals surface area contributed by atoms with Crippen LogP contribution in [0.15, 0.2) is 41.3 Å². The van der Waals surface area contributed by atoms with Crippen LogP contribution < -0.4 is 15.6 Å². The van der Waals surface area contributed by atoms with E-state index in [1.54, 1.807) is 17.2 Å². The minimum atomic E-state index is -4.52. The Hall–Kier alpha value is -3.67. The molecule has 36 heavy (non-hydrogen) atoms. The number of anilines is 1. The first-order valence-electron chi connectivity index (χ1n) is 10.9. The lowest BCUT2D eigenvalue weighted by molar-refractivity contribution is -0.154. The number of alkyl halides is 3. The molecule has 5 rings (SSSR count). The van der Waals surface area contributed by atoms with E-state index in [2.05, 4.69) is 25.2 Å². The molecule has 2 aliphatic heterocycles. The average molecular weight is 524 g/mol. The zero-order valence-corrected chi connectivity index (χ0v) is 19.2. The van der Waals surface area contributed by atoms with Gasteiger partial charge in [-0.15, -0.1) is 10.2 Å². The topological polar surface area (TPSA) is 100 Å². The summed E-state index contributed by atoms with van der Waals surface area (Å²) < 4.78 is 56.3. The molecule has 3 aromatic rings. The summed E-state index contributed by atoms with van der Waals surface area (Å²) >= 11 is 6.30. The van der Waals surface area contributed by atoms with Gasteiger partial charge in [0.05, 0.1) is 22.4 Å². The van der Waals surface area contributed by atoms with Gasteiger partial charge in [0.1, 0.15) is 5.82 Å². The van der Waals surface area contributed by atoms with Crippen molar-refractivity contribution in [2.24, 2.45) is 0 Å². The Morgan fingerprint density at radius 2 is 2.03 bits per heavy atom. The van der Waals surface area contributed by atoms with Gasteiger partial charge in [0.2, 0.25) is 11.4 Å². The molecular weight excluding hydrogens is 506 g/mol. The van der Waals surface area contributed by atoms with Gasteiger partial charge < -0.3 is 19.9 Å². The predicted octanol–water partition coefficient (Wildman–Crippen LogP) is 4.86. The van der Waals surface area contributed by atoms with Gasteiger partial charge in [0, 0.05) is 29.9 Å². The smallest absolute Gasteiger partial charge is 0.422 e. The Kier molecular flexibility index (Phi) is 6.07. The molecule has 8 nitrogen and oxygen atoms in total. The summed E-state index contributed by atoms with van der Waals surface area (Å²) in [5.41, 5.74) is 1.68. The highest BCUT2D eigenvalue weighted by molar-refractivity contribution is 6.33. The molecular formula is C23H18ClF4N5O3. The molecule has 0 spiro atoms. The lowest BCUT2D eigenvalue weighted by atomic mass is 9.95. The molecule has 0 unspecified atom stereocenters. The highest BCUT2D eigenvalue weighted by Crippen LogP contribution is 2.43. The minimum Gasteiger partial charge on any atom is -0.467 e. The zero-order chi connectivity index (χ0) is 25.6. The summed E-state index contributed by atoms with van der Waals surface area (Å²) in [5.74, 6) is -1.13. The number of pyridine rings is 1. The van der Waals surface area contributed by atoms with E-state index >= 15 is 0 Å². The predicted molar refractivity (Wildman–Crippen MR) is 121 cm³/mol. The number of aromatic nitrogens is 3. The Morgan fingerprint density at radius 3 is 2.75 bits per heavy atom. The van der Waals surface area contributed by atoms with Crippen molar-refractivity contribution in [1.82, 2.24) is 20.1 Å². The summed E-state index contributed by atoms with van der Waals surface area (Å²) in [6, 6.07) is 5.46. The van der Waals surface area contributed by atoms with Crippen LogP contribution in [-0.4, -0.2) is 44.9 Å². The van der Waals surface area contributed by atoms with Crippen molar-refractivity contribution in [3.05, 3.63) is 68.8 Å². The number of nitrogens with zero attached hydrogens (tertiary/aromatic N) is 3. The third-order valence-electron chi connectivity index (χ3n) is 6.20. The second-order valence-electron chi connectivity index (χ2n) is 8.54. The van der Waals surface area contributed by atoms with Crippen LogP contribution in [-0.2, 0) is 6.42 Å². The van der Waals surface area contributed by atoms with Gasteiger partial charge in [-0.3, -0.25) is 4.79 Å². The number of ether oxygens (including phenoxy) is 1. The molecule has 2 aromatic heterocycles. The van der Waals surface area contributed by atoms with Crippen molar-refractivity contribution in [3.8, 4) is 17.1 Å². The molecule has 2 aliphatic rings. The number of aromatic amines is 1. The zero-order valence-electron chi connectivity index (χ0n) is 18.4. The van der Waals surface area contributed by atoms with Gasteiger partial charge in [-0.05, 0) is 48.6 Å². The number of hydrogen-bond donors (Lipinski definition) is 2. The van der Waals surface area contributed by atoms with Crippen molar-refractivity contribution in [1.29, 1.82) is 0 Å². The number of rotatable bonds is 4. The number of hydrogen-bond acceptors (Lipinski definition) is 5. The van der Waals surface area contributed by atoms with E-state index < -0.39 is 24.6 Å². The van der Waals surface area contributed by atoms with Gasteiger partial charge in [0.25, 0.3) is 0 Å². The van der Waals surface area contributed by atoms with Crippen LogP contribution in [0.3, 0.4) is 0 Å². The number of fused-ring (bicyclic) bond motifs is 4. The number of carbonyl (C=O) groups excluding carboxylic acids is 1. The second-order valence-corrected chi connectivity index (χ2v) is 8.95. The molecule has 2 N–H and O–H groups in total. The first-order valence-corrected chi connectivity index (χ1v) is 11.3. The molecule has 2 bridgehead atoms. The maximum atomic E-state index is 14.9. The first-order chi connectivity index (χ1) is 17.1. The molecule has 1 saturated heterocycles. The number of carbonyl (C=O) groups is 1. The van der Waals surface area contributed by atoms with Gasteiger partial charge >= 0.3 is 12.2 Å². The first kappa shape index (κ1) is 24.0. The van der Waals surface area contributed by atoms with Crippen LogP contribution in [0, 0.1) is 5.82 Å². The highest BCUT2D eigenvalue weighted by atomic mass is 35.5. The van der Waals surface area contributed by atoms with Gasteiger partial charge in [-0.25, -0.2) is 9.18 Å². The van der Waals surface area contributed by atoms with Crippen LogP contribution in [0.1, 0.15) is 30.0 Å². The number of H-pyrrole nitrogens is 1. The van der Waals surface area contributed by atoms with Crippen molar-refractivity contribution in [2.75, 3.05) is 11.9 Å². The molecule has 13 heteroatoms. The molecule has 1 aromatic carbocycles. The minimum absolute atomic E-state index is 0.0505. The Morgan fingerprint density at radius 1 is 1.22 bits per heavy atom. The fraction of sp³-hybridized carbons (Fsp3) is 0.304. The van der Waals surface area contributed by atoms with Crippen molar-refractivity contribution < 1.29 is 27.1 Å². The molecule has 1 fully saturated rings. The van der Waals surface area contributed by atoms with E-state index in [9.17, 15) is 27.2 Å². The van der Waals surface area contributed by atoms with Crippen LogP contribution >= 0.6 is 11.6 Å². The maximum Gasteiger partial charge on any atom is 0.422 e. The standard InChI is InChI=1S/C23H18ClF4N5O3/c24-15-8-18(16(25)7-13(15)17-2-4-21(32-31-17)36-10-23(26,27)28)30-22(35)33-12-1-3-19(33)14-9-29-20(34)6-11(14)5-12/h2,4,6-9,12,19H,1,3,5,10H2,(H,29,34)(H,30,35)/t12-,19+/m0/s1. The number of halogens is 5. The lowest BCUT2D eigenvalue weighted by Crippen LogP contribution is -2.44. The van der Waals surface area contributed by atoms with E-state index in [4.69, 9.17) is 11.6 Å². The SMILES string of the molecule is O=C(Nc1cc(Cl)c(-c2ccc(OCC(F)(F)F)nn2)cc1F)N1[C@H]2CC[C@@H]1c1c[nH]c(=O)cc1C2. The molecule has 188 valence electrons. The summed E-state index contributed by atoms with van der Waals surface area (Å²) in [5, 5.41) is 9.94. The van der Waals surface area contributed by atoms with Gasteiger partial charge in [-0.2, -0.15) is 13.2 Å². The van der Waals surface area contributed by atoms with Gasteiger partial charge in [-0.1, -0.05) is 11.6 Å². The number of benzene rings is 1. The van der Waals surface area contributed by atoms with E-state index in [-0.39, 0.29) is 45.5 Å². The highest BCUT2D eigenvalue weighted by Gasteiger charge is 2.43. The van der Waals surface area contributed by atoms with E-state index in [0.717, 1.165) is 36.1 Å². The molecule has 2 amide bonds. The average Bonchev–Trinajstić information content (AvgIpc) is 3.14. The summed E-state index contributed by atoms with van der Waals surface area (Å²) in [4.78, 5) is 29.1. The van der Waals surface area contributed by atoms with Crippen LogP contribution in [0.4, 0.5) is 28.0 Å². The van der Waals surface area contributed by atoms with Crippen LogP contribution in [0.5, 0.6) is 5.88 Å². The fourth-order valence-corrected chi connectivity index (χ4v) is 4.94. The number of urea groups is 1. The number of amides is 2. The third-order valence-corrected chi connectivity index (χ3v) is 6.51. The van der Waals surface area contributed by atoms with Crippen molar-refractivity contribution in [3.63, 3.8) is 0 Å². The molecule has 4 heterocycles. The Balaban J connectivity index is 1.32. The summed E-state index contributed by atoms with van der Waals surface area (Å²) in [7, 11) is 0. The van der Waals surface area contributed by atoms with Crippen molar-refractivity contribution >= 4 is 23.3 Å². The second kappa shape index (κ2) is 9.08. The molecule has 0 radical (unpaired) electrons. The largest absolute Gasteiger partial charge is 0.467 e. The summed E-state index contributed by atoms with van der Waals surface area (Å²) in [6.07, 6.45) is -0.891. The monoisotopic (exact) mass is 523 g/mol.